The van der Waals surface area contributed by atoms with Crippen LogP contribution in [0.1, 0.15) is 23.7 Å². The minimum Gasteiger partial charge on any atom is -0.465 e. The lowest BCUT2D eigenvalue weighted by molar-refractivity contribution is -0.120. The van der Waals surface area contributed by atoms with E-state index >= 15 is 0 Å². The monoisotopic (exact) mass is 314 g/mol. The zero-order valence-electron chi connectivity index (χ0n) is 11.9. The van der Waals surface area contributed by atoms with Crippen LogP contribution in [0.25, 0.3) is 0 Å². The van der Waals surface area contributed by atoms with Gasteiger partial charge in [-0.2, -0.15) is 0 Å². The zero-order valence-corrected chi connectivity index (χ0v) is 12.7. The summed E-state index contributed by atoms with van der Waals surface area (Å²) < 4.78 is 31.2. The van der Waals surface area contributed by atoms with Crippen molar-refractivity contribution in [2.45, 2.75) is 18.2 Å². The van der Waals surface area contributed by atoms with E-state index in [4.69, 9.17) is 0 Å². The van der Waals surface area contributed by atoms with E-state index in [-0.39, 0.29) is 29.3 Å². The number of hydrogen-bond donors (Lipinski definition) is 2. The van der Waals surface area contributed by atoms with Crippen molar-refractivity contribution in [3.63, 3.8) is 0 Å². The largest absolute Gasteiger partial charge is 0.465 e. The summed E-state index contributed by atoms with van der Waals surface area (Å²) in [7, 11) is -2.71. The Hall–Kier alpha value is -1.93. The van der Waals surface area contributed by atoms with E-state index in [0.29, 0.717) is 6.54 Å². The Labute approximate surface area is 123 Å². The number of nitrogens with one attached hydrogen (secondary N) is 2. The molecule has 0 aliphatic carbocycles. The van der Waals surface area contributed by atoms with E-state index in [9.17, 15) is 18.0 Å². The van der Waals surface area contributed by atoms with Crippen LogP contribution in [-0.2, 0) is 19.6 Å². The fourth-order valence-corrected chi connectivity index (χ4v) is 2.87. The number of hydrogen-bond acceptors (Lipinski definition) is 5. The standard InChI is InChI=1S/C13H18N2O5S/c1-3-14-12(16)8-9-15-21(18,19)11-7-5-4-6-10(11)13(17)20-2/h4-7,15H,3,8-9H2,1-2H3,(H,14,16). The highest BCUT2D eigenvalue weighted by Gasteiger charge is 2.22. The summed E-state index contributed by atoms with van der Waals surface area (Å²) in [5, 5.41) is 2.56. The van der Waals surface area contributed by atoms with Gasteiger partial charge in [-0.1, -0.05) is 12.1 Å². The lowest BCUT2D eigenvalue weighted by Gasteiger charge is -2.10. The van der Waals surface area contributed by atoms with E-state index in [1.807, 2.05) is 0 Å². The van der Waals surface area contributed by atoms with Crippen molar-refractivity contribution in [2.75, 3.05) is 20.2 Å². The van der Waals surface area contributed by atoms with E-state index < -0.39 is 16.0 Å². The molecule has 0 saturated carbocycles. The van der Waals surface area contributed by atoms with Crippen LogP contribution in [0.4, 0.5) is 0 Å². The molecule has 0 aliphatic rings. The molecule has 0 spiro atoms. The topological polar surface area (TPSA) is 102 Å². The Morgan fingerprint density at radius 1 is 1.24 bits per heavy atom. The van der Waals surface area contributed by atoms with Gasteiger partial charge in [-0.25, -0.2) is 17.9 Å². The Morgan fingerprint density at radius 3 is 2.52 bits per heavy atom. The first-order valence-corrected chi connectivity index (χ1v) is 7.84. The number of esters is 1. The van der Waals surface area contributed by atoms with Gasteiger partial charge in [0.1, 0.15) is 0 Å². The second kappa shape index (κ2) is 7.75. The highest BCUT2D eigenvalue weighted by atomic mass is 32.2. The summed E-state index contributed by atoms with van der Waals surface area (Å²) in [6, 6.07) is 5.72. The van der Waals surface area contributed by atoms with Gasteiger partial charge in [0, 0.05) is 19.5 Å². The van der Waals surface area contributed by atoms with Crippen molar-refractivity contribution in [1.29, 1.82) is 0 Å². The summed E-state index contributed by atoms with van der Waals surface area (Å²) in [6.45, 7) is 2.20. The smallest absolute Gasteiger partial charge is 0.339 e. The quantitative estimate of drug-likeness (QED) is 0.704. The molecule has 0 aliphatic heterocycles. The molecule has 8 heteroatoms. The molecule has 0 aromatic heterocycles. The third-order valence-corrected chi connectivity index (χ3v) is 4.12. The average molecular weight is 314 g/mol. The highest BCUT2D eigenvalue weighted by molar-refractivity contribution is 7.89. The van der Waals surface area contributed by atoms with Crippen LogP contribution >= 0.6 is 0 Å². The van der Waals surface area contributed by atoms with Gasteiger partial charge >= 0.3 is 5.97 Å². The molecule has 0 fully saturated rings. The Morgan fingerprint density at radius 2 is 1.90 bits per heavy atom. The Kier molecular flexibility index (Phi) is 6.32. The Balaban J connectivity index is 2.84. The maximum atomic E-state index is 12.2. The van der Waals surface area contributed by atoms with Crippen molar-refractivity contribution >= 4 is 21.9 Å². The van der Waals surface area contributed by atoms with Crippen LogP contribution < -0.4 is 10.0 Å². The zero-order chi connectivity index (χ0) is 15.9. The molecule has 0 unspecified atom stereocenters. The molecule has 116 valence electrons. The highest BCUT2D eigenvalue weighted by Crippen LogP contribution is 2.16. The normalized spacial score (nSPS) is 11.0. The minimum atomic E-state index is -3.89. The third-order valence-electron chi connectivity index (χ3n) is 2.60. The number of carbonyl (C=O) groups is 2. The second-order valence-electron chi connectivity index (χ2n) is 4.09. The van der Waals surface area contributed by atoms with Crippen LogP contribution in [0.15, 0.2) is 29.2 Å². The lowest BCUT2D eigenvalue weighted by Crippen LogP contribution is -2.31. The van der Waals surface area contributed by atoms with Crippen molar-refractivity contribution in [2.24, 2.45) is 0 Å². The second-order valence-corrected chi connectivity index (χ2v) is 5.82. The number of amides is 1. The van der Waals surface area contributed by atoms with Gasteiger partial charge < -0.3 is 10.1 Å². The molecule has 1 rings (SSSR count). The number of benzene rings is 1. The van der Waals surface area contributed by atoms with Crippen molar-refractivity contribution in [3.05, 3.63) is 29.8 Å². The number of rotatable bonds is 7. The Bertz CT molecular complexity index is 613. The van der Waals surface area contributed by atoms with E-state index in [0.717, 1.165) is 0 Å². The predicted octanol–water partition coefficient (Wildman–Crippen LogP) is 0.278. The van der Waals surface area contributed by atoms with Crippen molar-refractivity contribution in [3.8, 4) is 0 Å². The first kappa shape index (κ1) is 17.1. The van der Waals surface area contributed by atoms with Gasteiger partial charge in [-0.05, 0) is 19.1 Å². The van der Waals surface area contributed by atoms with Gasteiger partial charge in [0.15, 0.2) is 0 Å². The van der Waals surface area contributed by atoms with Crippen LogP contribution in [0.5, 0.6) is 0 Å². The van der Waals surface area contributed by atoms with Gasteiger partial charge in [0.2, 0.25) is 15.9 Å². The van der Waals surface area contributed by atoms with Crippen LogP contribution in [0.3, 0.4) is 0 Å². The maximum Gasteiger partial charge on any atom is 0.339 e. The molecule has 0 heterocycles. The van der Waals surface area contributed by atoms with Crippen LogP contribution in [0.2, 0.25) is 0 Å². The molecule has 0 bridgehead atoms. The summed E-state index contributed by atoms with van der Waals surface area (Å²) in [5.74, 6) is -0.985. The number of sulfonamides is 1. The van der Waals surface area contributed by atoms with Crippen molar-refractivity contribution < 1.29 is 22.7 Å². The average Bonchev–Trinajstić information content (AvgIpc) is 2.46. The van der Waals surface area contributed by atoms with E-state index in [1.54, 1.807) is 13.0 Å². The molecule has 1 aromatic carbocycles. The molecule has 0 saturated heterocycles. The molecule has 21 heavy (non-hydrogen) atoms. The van der Waals surface area contributed by atoms with E-state index in [2.05, 4.69) is 14.8 Å². The summed E-state index contributed by atoms with van der Waals surface area (Å²) in [6.07, 6.45) is 0.0213. The minimum absolute atomic E-state index is 0.0213. The molecule has 7 nitrogen and oxygen atoms in total. The van der Waals surface area contributed by atoms with Gasteiger partial charge in [0.05, 0.1) is 17.6 Å². The third kappa shape index (κ3) is 4.83. The molecule has 1 amide bonds. The van der Waals surface area contributed by atoms with E-state index in [1.165, 1.54) is 25.3 Å². The fourth-order valence-electron chi connectivity index (χ4n) is 1.64. The molecular weight excluding hydrogens is 296 g/mol. The predicted molar refractivity (Wildman–Crippen MR) is 76.3 cm³/mol. The summed E-state index contributed by atoms with van der Waals surface area (Å²) in [4.78, 5) is 22.7. The summed E-state index contributed by atoms with van der Waals surface area (Å²) >= 11 is 0. The van der Waals surface area contributed by atoms with Crippen LogP contribution in [-0.4, -0.2) is 40.5 Å². The first-order chi connectivity index (χ1) is 9.92. The lowest BCUT2D eigenvalue weighted by atomic mass is 10.2. The SMILES string of the molecule is CCNC(=O)CCNS(=O)(=O)c1ccccc1C(=O)OC. The molecule has 0 atom stereocenters. The number of methoxy groups -OCH3 is 1. The maximum absolute atomic E-state index is 12.2. The van der Waals surface area contributed by atoms with Gasteiger partial charge in [-0.15, -0.1) is 0 Å². The molecular formula is C13H18N2O5S. The fraction of sp³-hybridized carbons (Fsp3) is 0.385. The van der Waals surface area contributed by atoms with Crippen molar-refractivity contribution in [1.82, 2.24) is 10.0 Å². The number of ether oxygens (including phenoxy) is 1. The molecule has 0 radical (unpaired) electrons. The summed E-state index contributed by atoms with van der Waals surface area (Å²) in [5.41, 5.74) is -0.0505. The first-order valence-electron chi connectivity index (χ1n) is 6.36. The molecule has 2 N–H and O–H groups in total. The number of carbonyl (C=O) groups excluding carboxylic acids is 2. The molecule has 1 aromatic rings. The van der Waals surface area contributed by atoms with Gasteiger partial charge in [0.25, 0.3) is 0 Å². The van der Waals surface area contributed by atoms with Gasteiger partial charge in [-0.3, -0.25) is 4.79 Å². The van der Waals surface area contributed by atoms with Crippen LogP contribution in [0, 0.1) is 0 Å².